The maximum Gasteiger partial charge on any atom is 0.197 e. The van der Waals surface area contributed by atoms with Gasteiger partial charge < -0.3 is 0 Å². The van der Waals surface area contributed by atoms with Crippen LogP contribution >= 0.6 is 0 Å². The minimum atomic E-state index is -0.290. The molecule has 0 unspecified atom stereocenters. The summed E-state index contributed by atoms with van der Waals surface area (Å²) in [4.78, 5) is 39.8. The molecular weight excluding hydrogens is 360 g/mol. The lowest BCUT2D eigenvalue weighted by Crippen LogP contribution is -2.23. The van der Waals surface area contributed by atoms with Crippen molar-refractivity contribution >= 4 is 22.9 Å². The second-order valence-electron chi connectivity index (χ2n) is 7.38. The highest BCUT2D eigenvalue weighted by atomic mass is 16.1. The van der Waals surface area contributed by atoms with Gasteiger partial charge in [-0.15, -0.1) is 0 Å². The summed E-state index contributed by atoms with van der Waals surface area (Å²) in [6.07, 6.45) is 3.71. The molecule has 0 atom stereocenters. The molecule has 4 rings (SSSR count). The van der Waals surface area contributed by atoms with Gasteiger partial charge in [0.2, 0.25) is 0 Å². The molecule has 0 aliphatic heterocycles. The van der Waals surface area contributed by atoms with Crippen LogP contribution in [0.5, 0.6) is 0 Å². The van der Waals surface area contributed by atoms with Crippen LogP contribution in [0, 0.1) is 0 Å². The van der Waals surface area contributed by atoms with Crippen LogP contribution in [0.2, 0.25) is 0 Å². The number of allylic oxidation sites excluding steroid dienone is 6. The molecule has 3 nitrogen and oxygen atoms in total. The maximum absolute atomic E-state index is 13.5. The van der Waals surface area contributed by atoms with Crippen molar-refractivity contribution in [2.75, 3.05) is 0 Å². The summed E-state index contributed by atoms with van der Waals surface area (Å²) in [6, 6.07) is 16.2. The number of ketones is 3. The van der Waals surface area contributed by atoms with Gasteiger partial charge in [-0.05, 0) is 36.5 Å². The molecule has 3 heteroatoms. The van der Waals surface area contributed by atoms with Crippen molar-refractivity contribution in [1.29, 1.82) is 0 Å². The van der Waals surface area contributed by atoms with E-state index < -0.39 is 0 Å². The van der Waals surface area contributed by atoms with Crippen molar-refractivity contribution in [2.24, 2.45) is 0 Å². The molecule has 0 radical (unpaired) electrons. The second-order valence-corrected chi connectivity index (χ2v) is 7.38. The SMILES string of the molecule is CCC(=O)/C(C(=O)c1ccccc1)=C1\C2=C(CCC=C2C)C(=O)c2ccccc21. The van der Waals surface area contributed by atoms with Gasteiger partial charge in [0.15, 0.2) is 17.3 Å². The van der Waals surface area contributed by atoms with E-state index >= 15 is 0 Å². The topological polar surface area (TPSA) is 51.2 Å². The summed E-state index contributed by atoms with van der Waals surface area (Å²) in [7, 11) is 0. The van der Waals surface area contributed by atoms with Gasteiger partial charge in [-0.1, -0.05) is 67.6 Å². The average Bonchev–Trinajstić information content (AvgIpc) is 2.76. The number of carbonyl (C=O) groups excluding carboxylic acids is 3. The Morgan fingerprint density at radius 3 is 2.28 bits per heavy atom. The quantitative estimate of drug-likeness (QED) is 0.302. The lowest BCUT2D eigenvalue weighted by Gasteiger charge is -2.29. The normalized spacial score (nSPS) is 17.3. The molecule has 2 aromatic rings. The van der Waals surface area contributed by atoms with Gasteiger partial charge in [0, 0.05) is 28.7 Å². The Morgan fingerprint density at radius 2 is 1.59 bits per heavy atom. The van der Waals surface area contributed by atoms with Crippen LogP contribution in [0.25, 0.3) is 5.57 Å². The Balaban J connectivity index is 2.10. The first-order chi connectivity index (χ1) is 14.0. The largest absolute Gasteiger partial charge is 0.294 e. The predicted octanol–water partition coefficient (Wildman–Crippen LogP) is 5.54. The highest BCUT2D eigenvalue weighted by Gasteiger charge is 2.35. The third kappa shape index (κ3) is 3.13. The molecule has 0 aromatic heterocycles. The minimum absolute atomic E-state index is 0.00209. The average molecular weight is 382 g/mol. The molecule has 0 bridgehead atoms. The van der Waals surface area contributed by atoms with Gasteiger partial charge in [0.05, 0.1) is 5.57 Å². The van der Waals surface area contributed by atoms with Crippen LogP contribution in [-0.4, -0.2) is 17.3 Å². The van der Waals surface area contributed by atoms with Gasteiger partial charge in [-0.2, -0.15) is 0 Å². The number of carbonyl (C=O) groups is 3. The second kappa shape index (κ2) is 7.59. The molecular formula is C26H22O3. The van der Waals surface area contributed by atoms with Crippen molar-refractivity contribution < 1.29 is 14.4 Å². The number of benzene rings is 2. The standard InChI is InChI=1S/C26H22O3/c1-3-21(27)24(25(28)17-11-5-4-6-12-17)23-18-13-7-8-14-19(18)26(29)20-15-9-10-16(2)22(20)23/h4-8,10-14H,3,9,15H2,1-2H3/b24-23+. The number of rotatable bonds is 4. The maximum atomic E-state index is 13.5. The summed E-state index contributed by atoms with van der Waals surface area (Å²) in [5.41, 5.74) is 4.94. The Morgan fingerprint density at radius 1 is 0.931 bits per heavy atom. The molecule has 0 N–H and O–H groups in total. The van der Waals surface area contributed by atoms with Crippen LogP contribution in [0.15, 0.2) is 83.0 Å². The van der Waals surface area contributed by atoms with Crippen molar-refractivity contribution in [3.8, 4) is 0 Å². The molecule has 0 amide bonds. The van der Waals surface area contributed by atoms with Gasteiger partial charge >= 0.3 is 0 Å². The van der Waals surface area contributed by atoms with E-state index in [0.717, 1.165) is 17.6 Å². The lowest BCUT2D eigenvalue weighted by molar-refractivity contribution is -0.114. The van der Waals surface area contributed by atoms with Gasteiger partial charge in [-0.3, -0.25) is 14.4 Å². The summed E-state index contributed by atoms with van der Waals surface area (Å²) in [5.74, 6) is -0.493. The molecule has 0 fully saturated rings. The number of Topliss-reactive ketones (excluding diaryl/α,β-unsaturated/α-hetero) is 3. The Hall–Kier alpha value is -3.33. The van der Waals surface area contributed by atoms with Crippen LogP contribution < -0.4 is 0 Å². The smallest absolute Gasteiger partial charge is 0.197 e. The molecule has 2 aromatic carbocycles. The molecule has 0 heterocycles. The van der Waals surface area contributed by atoms with Gasteiger partial charge in [0.1, 0.15) is 0 Å². The first-order valence-electron chi connectivity index (χ1n) is 9.96. The molecule has 0 spiro atoms. The molecule has 0 saturated carbocycles. The van der Waals surface area contributed by atoms with Crippen LogP contribution in [-0.2, 0) is 4.79 Å². The van der Waals surface area contributed by atoms with Crippen LogP contribution in [0.3, 0.4) is 0 Å². The van der Waals surface area contributed by atoms with Crippen molar-refractivity contribution in [2.45, 2.75) is 33.1 Å². The van der Waals surface area contributed by atoms with Crippen molar-refractivity contribution in [3.63, 3.8) is 0 Å². The minimum Gasteiger partial charge on any atom is -0.294 e. The molecule has 29 heavy (non-hydrogen) atoms. The summed E-state index contributed by atoms with van der Waals surface area (Å²) >= 11 is 0. The fourth-order valence-corrected chi connectivity index (χ4v) is 4.22. The van der Waals surface area contributed by atoms with E-state index in [1.807, 2.05) is 31.2 Å². The third-order valence-electron chi connectivity index (χ3n) is 5.62. The zero-order valence-electron chi connectivity index (χ0n) is 16.6. The zero-order chi connectivity index (χ0) is 20.5. The zero-order valence-corrected chi connectivity index (χ0v) is 16.6. The fraction of sp³-hybridized carbons (Fsp3) is 0.192. The summed E-state index contributed by atoms with van der Waals surface area (Å²) in [5, 5.41) is 0. The van der Waals surface area contributed by atoms with Crippen LogP contribution in [0.4, 0.5) is 0 Å². The van der Waals surface area contributed by atoms with E-state index in [0.29, 0.717) is 34.3 Å². The van der Waals surface area contributed by atoms with E-state index in [9.17, 15) is 14.4 Å². The summed E-state index contributed by atoms with van der Waals surface area (Å²) in [6.45, 7) is 3.72. The number of hydrogen-bond donors (Lipinski definition) is 0. The van der Waals surface area contributed by atoms with E-state index in [-0.39, 0.29) is 29.3 Å². The molecule has 144 valence electrons. The Kier molecular flexibility index (Phi) is 4.98. The Labute approximate surface area is 170 Å². The predicted molar refractivity (Wildman–Crippen MR) is 114 cm³/mol. The number of fused-ring (bicyclic) bond motifs is 1. The van der Waals surface area contributed by atoms with E-state index in [1.54, 1.807) is 37.3 Å². The van der Waals surface area contributed by atoms with Crippen molar-refractivity contribution in [3.05, 3.63) is 99.7 Å². The highest BCUT2D eigenvalue weighted by molar-refractivity contribution is 6.34. The molecule has 0 saturated heterocycles. The molecule has 2 aliphatic rings. The first kappa shape index (κ1) is 19.0. The third-order valence-corrected chi connectivity index (χ3v) is 5.62. The first-order valence-corrected chi connectivity index (χ1v) is 9.96. The van der Waals surface area contributed by atoms with E-state index in [2.05, 4.69) is 6.08 Å². The Bertz CT molecular complexity index is 1130. The van der Waals surface area contributed by atoms with E-state index in [4.69, 9.17) is 0 Å². The molecule has 2 aliphatic carbocycles. The van der Waals surface area contributed by atoms with Crippen LogP contribution in [0.1, 0.15) is 59.4 Å². The lowest BCUT2D eigenvalue weighted by atomic mass is 9.72. The number of hydrogen-bond acceptors (Lipinski definition) is 3. The fourth-order valence-electron chi connectivity index (χ4n) is 4.22. The van der Waals surface area contributed by atoms with Crippen molar-refractivity contribution in [1.82, 2.24) is 0 Å². The van der Waals surface area contributed by atoms with E-state index in [1.165, 1.54) is 0 Å². The highest BCUT2D eigenvalue weighted by Crippen LogP contribution is 2.44. The van der Waals surface area contributed by atoms with Gasteiger partial charge in [0.25, 0.3) is 0 Å². The van der Waals surface area contributed by atoms with Gasteiger partial charge in [-0.25, -0.2) is 0 Å². The monoisotopic (exact) mass is 382 g/mol. The summed E-state index contributed by atoms with van der Waals surface area (Å²) < 4.78 is 0.